The summed E-state index contributed by atoms with van der Waals surface area (Å²) >= 11 is 0. The van der Waals surface area contributed by atoms with E-state index in [1.807, 2.05) is 20.9 Å². The molecule has 0 fully saturated rings. The zero-order chi connectivity index (χ0) is 13.6. The van der Waals surface area contributed by atoms with Crippen molar-refractivity contribution in [2.45, 2.75) is 32.1 Å². The van der Waals surface area contributed by atoms with Gasteiger partial charge >= 0.3 is 0 Å². The highest BCUT2D eigenvalue weighted by Crippen LogP contribution is 2.36. The van der Waals surface area contributed by atoms with Gasteiger partial charge in [-0.1, -0.05) is 26.0 Å². The van der Waals surface area contributed by atoms with Gasteiger partial charge in [0.2, 0.25) is 0 Å². The van der Waals surface area contributed by atoms with Gasteiger partial charge in [0.15, 0.2) is 0 Å². The number of nitrogens with one attached hydrogen (secondary N) is 1. The third-order valence-electron chi connectivity index (χ3n) is 3.54. The van der Waals surface area contributed by atoms with E-state index in [1.54, 1.807) is 12.1 Å². The topological polar surface area (TPSA) is 35.8 Å². The first-order valence-corrected chi connectivity index (χ1v) is 6.38. The average Bonchev–Trinajstić information content (AvgIpc) is 2.36. The van der Waals surface area contributed by atoms with E-state index in [1.165, 1.54) is 12.1 Å². The van der Waals surface area contributed by atoms with E-state index in [0.29, 0.717) is 0 Å². The Bertz CT molecular complexity index is 405. The molecule has 1 atom stereocenters. The quantitative estimate of drug-likeness (QED) is 0.784. The molecule has 1 N–H and O–H groups in total. The second-order valence-electron chi connectivity index (χ2n) is 4.95. The highest BCUT2D eigenvalue weighted by Gasteiger charge is 2.35. The molecule has 0 aromatic heterocycles. The summed E-state index contributed by atoms with van der Waals surface area (Å²) in [7, 11) is 1.90. The lowest BCUT2D eigenvalue weighted by molar-refractivity contribution is 0.358. The lowest BCUT2D eigenvalue weighted by atomic mass is 9.70. The first-order chi connectivity index (χ1) is 8.56. The Morgan fingerprint density at radius 1 is 1.33 bits per heavy atom. The van der Waals surface area contributed by atoms with Gasteiger partial charge < -0.3 is 5.32 Å². The zero-order valence-corrected chi connectivity index (χ0v) is 11.3. The molecule has 1 rings (SSSR count). The summed E-state index contributed by atoms with van der Waals surface area (Å²) < 4.78 is 13.0. The van der Waals surface area contributed by atoms with Crippen LogP contribution >= 0.6 is 0 Å². The zero-order valence-electron chi connectivity index (χ0n) is 11.3. The number of hydrogen-bond donors (Lipinski definition) is 1. The number of hydrogen-bond acceptors (Lipinski definition) is 2. The van der Waals surface area contributed by atoms with Crippen molar-refractivity contribution in [1.82, 2.24) is 5.32 Å². The third-order valence-corrected chi connectivity index (χ3v) is 3.54. The standard InChI is InChI=1S/C15H21FN2/c1-12(2)15(11-17,9-4-10-18-3)13-5-7-14(16)8-6-13/h5-8,12,18H,4,9-10H2,1-3H3. The number of nitrogens with zero attached hydrogens (tertiary/aromatic N) is 1. The minimum Gasteiger partial charge on any atom is -0.320 e. The largest absolute Gasteiger partial charge is 0.320 e. The molecule has 2 nitrogen and oxygen atoms in total. The maximum atomic E-state index is 13.0. The van der Waals surface area contributed by atoms with E-state index in [9.17, 15) is 9.65 Å². The van der Waals surface area contributed by atoms with Crippen molar-refractivity contribution in [2.24, 2.45) is 5.92 Å². The summed E-state index contributed by atoms with van der Waals surface area (Å²) in [5, 5.41) is 12.7. The first-order valence-electron chi connectivity index (χ1n) is 6.38. The van der Waals surface area contributed by atoms with Gasteiger partial charge in [0.1, 0.15) is 5.82 Å². The molecule has 0 radical (unpaired) electrons. The van der Waals surface area contributed by atoms with E-state index in [4.69, 9.17) is 0 Å². The van der Waals surface area contributed by atoms with Gasteiger partial charge in [-0.05, 0) is 50.0 Å². The Morgan fingerprint density at radius 2 is 1.94 bits per heavy atom. The minimum atomic E-state index is -0.523. The molecule has 0 aliphatic rings. The number of halogens is 1. The fourth-order valence-electron chi connectivity index (χ4n) is 2.31. The van der Waals surface area contributed by atoms with Crippen LogP contribution in [0.5, 0.6) is 0 Å². The molecule has 18 heavy (non-hydrogen) atoms. The summed E-state index contributed by atoms with van der Waals surface area (Å²) in [4.78, 5) is 0. The molecule has 1 unspecified atom stereocenters. The molecule has 0 aliphatic heterocycles. The van der Waals surface area contributed by atoms with Crippen molar-refractivity contribution >= 4 is 0 Å². The molecule has 3 heteroatoms. The molecule has 0 saturated carbocycles. The molecular formula is C15H21FN2. The average molecular weight is 248 g/mol. The highest BCUT2D eigenvalue weighted by molar-refractivity contribution is 5.33. The van der Waals surface area contributed by atoms with Crippen LogP contribution in [0.1, 0.15) is 32.3 Å². The predicted molar refractivity (Wildman–Crippen MR) is 71.7 cm³/mol. The van der Waals surface area contributed by atoms with Gasteiger partial charge in [0.05, 0.1) is 11.5 Å². The van der Waals surface area contributed by atoms with Gasteiger partial charge in [0.25, 0.3) is 0 Å². The molecule has 0 amide bonds. The lowest BCUT2D eigenvalue weighted by Crippen LogP contribution is -2.31. The van der Waals surface area contributed by atoms with Crippen molar-refractivity contribution in [3.63, 3.8) is 0 Å². The normalized spacial score (nSPS) is 14.2. The summed E-state index contributed by atoms with van der Waals surface area (Å²) in [6, 6.07) is 8.79. The van der Waals surface area contributed by atoms with Crippen LogP contribution in [0.3, 0.4) is 0 Å². The van der Waals surface area contributed by atoms with Gasteiger partial charge in [-0.15, -0.1) is 0 Å². The van der Waals surface area contributed by atoms with Gasteiger partial charge in [-0.25, -0.2) is 4.39 Å². The van der Waals surface area contributed by atoms with Crippen molar-refractivity contribution < 1.29 is 4.39 Å². The Balaban J connectivity index is 3.03. The van der Waals surface area contributed by atoms with Crippen LogP contribution in [-0.4, -0.2) is 13.6 Å². The smallest absolute Gasteiger partial charge is 0.123 e. The number of rotatable bonds is 6. The van der Waals surface area contributed by atoms with Crippen LogP contribution in [0.2, 0.25) is 0 Å². The molecule has 0 bridgehead atoms. The number of nitriles is 1. The van der Waals surface area contributed by atoms with E-state index in [-0.39, 0.29) is 11.7 Å². The second kappa shape index (κ2) is 6.51. The maximum absolute atomic E-state index is 13.0. The second-order valence-corrected chi connectivity index (χ2v) is 4.95. The van der Waals surface area contributed by atoms with Crippen LogP contribution in [0.15, 0.2) is 24.3 Å². The first kappa shape index (κ1) is 14.7. The number of benzene rings is 1. The Morgan fingerprint density at radius 3 is 2.39 bits per heavy atom. The molecule has 1 aromatic rings. The van der Waals surface area contributed by atoms with Gasteiger partial charge in [-0.3, -0.25) is 0 Å². The fourth-order valence-corrected chi connectivity index (χ4v) is 2.31. The maximum Gasteiger partial charge on any atom is 0.123 e. The Hall–Kier alpha value is -1.40. The molecule has 1 aromatic carbocycles. The van der Waals surface area contributed by atoms with Gasteiger partial charge in [0, 0.05) is 0 Å². The van der Waals surface area contributed by atoms with E-state index in [2.05, 4.69) is 11.4 Å². The molecule has 0 heterocycles. The van der Waals surface area contributed by atoms with Crippen LogP contribution in [0.25, 0.3) is 0 Å². The van der Waals surface area contributed by atoms with Crippen molar-refractivity contribution in [3.05, 3.63) is 35.6 Å². The van der Waals surface area contributed by atoms with Crippen LogP contribution < -0.4 is 5.32 Å². The minimum absolute atomic E-state index is 0.199. The Labute approximate surface area is 109 Å². The Kier molecular flexibility index (Phi) is 5.30. The third kappa shape index (κ3) is 3.08. The van der Waals surface area contributed by atoms with E-state index < -0.39 is 5.41 Å². The van der Waals surface area contributed by atoms with Crippen molar-refractivity contribution in [1.29, 1.82) is 5.26 Å². The summed E-state index contributed by atoms with van der Waals surface area (Å²) in [5.41, 5.74) is 0.391. The molecular weight excluding hydrogens is 227 g/mol. The molecule has 0 saturated heterocycles. The predicted octanol–water partition coefficient (Wildman–Crippen LogP) is 3.24. The van der Waals surface area contributed by atoms with E-state index in [0.717, 1.165) is 24.9 Å². The van der Waals surface area contributed by atoms with Crippen molar-refractivity contribution in [3.8, 4) is 6.07 Å². The summed E-state index contributed by atoms with van der Waals surface area (Å²) in [6.07, 6.45) is 1.72. The molecule has 0 aliphatic carbocycles. The SMILES string of the molecule is CNCCCC(C#N)(c1ccc(F)cc1)C(C)C. The summed E-state index contributed by atoms with van der Waals surface area (Å²) in [6.45, 7) is 4.98. The molecule has 98 valence electrons. The van der Waals surface area contributed by atoms with Crippen molar-refractivity contribution in [2.75, 3.05) is 13.6 Å². The van der Waals surface area contributed by atoms with Crippen LogP contribution in [0.4, 0.5) is 4.39 Å². The summed E-state index contributed by atoms with van der Waals surface area (Å²) in [5.74, 6) is -0.0608. The van der Waals surface area contributed by atoms with Crippen LogP contribution in [-0.2, 0) is 5.41 Å². The van der Waals surface area contributed by atoms with Gasteiger partial charge in [-0.2, -0.15) is 5.26 Å². The van der Waals surface area contributed by atoms with Crippen LogP contribution in [0, 0.1) is 23.1 Å². The lowest BCUT2D eigenvalue weighted by Gasteiger charge is -2.31. The molecule has 0 spiro atoms. The fraction of sp³-hybridized carbons (Fsp3) is 0.533. The van der Waals surface area contributed by atoms with E-state index >= 15 is 0 Å². The highest BCUT2D eigenvalue weighted by atomic mass is 19.1. The monoisotopic (exact) mass is 248 g/mol.